The Morgan fingerprint density at radius 1 is 1.00 bits per heavy atom. The number of hydrogen-bond donors (Lipinski definition) is 4. The Balaban J connectivity index is 2.19. The summed E-state index contributed by atoms with van der Waals surface area (Å²) < 4.78 is 10.9. The number of pyridine rings is 1. The van der Waals surface area contributed by atoms with E-state index in [1.54, 1.807) is 20.4 Å². The third kappa shape index (κ3) is 4.90. The second-order valence-electron chi connectivity index (χ2n) is 7.47. The van der Waals surface area contributed by atoms with Crippen LogP contribution in [0.3, 0.4) is 0 Å². The smallest absolute Gasteiger partial charge is 0.161 e. The van der Waals surface area contributed by atoms with Crippen molar-refractivity contribution in [2.75, 3.05) is 26.1 Å². The molecule has 4 N–H and O–H groups in total. The normalized spacial score (nSPS) is 12.1. The Kier molecular flexibility index (Phi) is 7.68. The SMILES string of the molecule is COc1cc2cc(CO)c(CO)c(-c3ccnc(NC(C)CCCO)c3)c2cc1OC. The molecule has 0 saturated carbocycles. The van der Waals surface area contributed by atoms with Gasteiger partial charge in [0, 0.05) is 18.8 Å². The first-order valence-corrected chi connectivity index (χ1v) is 10.3. The van der Waals surface area contributed by atoms with Gasteiger partial charge < -0.3 is 30.1 Å². The first kappa shape index (κ1) is 22.8. The predicted octanol–water partition coefficient (Wildman–Crippen LogP) is 3.48. The van der Waals surface area contributed by atoms with Crippen molar-refractivity contribution in [1.82, 2.24) is 4.98 Å². The lowest BCUT2D eigenvalue weighted by Gasteiger charge is -2.19. The van der Waals surface area contributed by atoms with E-state index in [4.69, 9.17) is 14.6 Å². The Morgan fingerprint density at radius 3 is 2.39 bits per heavy atom. The molecule has 0 aliphatic rings. The zero-order chi connectivity index (χ0) is 22.4. The van der Waals surface area contributed by atoms with E-state index in [9.17, 15) is 10.2 Å². The van der Waals surface area contributed by atoms with Crippen LogP contribution in [-0.4, -0.2) is 47.2 Å². The highest BCUT2D eigenvalue weighted by molar-refractivity contribution is 6.01. The number of fused-ring (bicyclic) bond motifs is 1. The van der Waals surface area contributed by atoms with Gasteiger partial charge in [-0.1, -0.05) is 0 Å². The van der Waals surface area contributed by atoms with Crippen molar-refractivity contribution in [3.8, 4) is 22.6 Å². The number of anilines is 1. The fourth-order valence-corrected chi connectivity index (χ4v) is 3.87. The molecule has 0 radical (unpaired) electrons. The lowest BCUT2D eigenvalue weighted by Crippen LogP contribution is -2.16. The Hall–Kier alpha value is -2.87. The van der Waals surface area contributed by atoms with E-state index in [-0.39, 0.29) is 25.9 Å². The van der Waals surface area contributed by atoms with Crippen molar-refractivity contribution in [3.63, 3.8) is 0 Å². The molecule has 0 fully saturated rings. The minimum atomic E-state index is -0.215. The molecule has 0 bridgehead atoms. The van der Waals surface area contributed by atoms with E-state index in [0.29, 0.717) is 34.9 Å². The molecule has 3 rings (SSSR count). The van der Waals surface area contributed by atoms with Crippen molar-refractivity contribution in [1.29, 1.82) is 0 Å². The van der Waals surface area contributed by atoms with Crippen molar-refractivity contribution in [3.05, 3.63) is 47.7 Å². The molecule has 3 aromatic rings. The van der Waals surface area contributed by atoms with Crippen LogP contribution in [0.5, 0.6) is 11.5 Å². The molecular formula is C24H30N2O5. The lowest BCUT2D eigenvalue weighted by atomic mass is 9.90. The van der Waals surface area contributed by atoms with Gasteiger partial charge in [-0.25, -0.2) is 4.98 Å². The Morgan fingerprint density at radius 2 is 1.74 bits per heavy atom. The van der Waals surface area contributed by atoms with E-state index < -0.39 is 0 Å². The van der Waals surface area contributed by atoms with Gasteiger partial charge in [0.15, 0.2) is 11.5 Å². The summed E-state index contributed by atoms with van der Waals surface area (Å²) in [4.78, 5) is 4.42. The molecule has 1 aromatic heterocycles. The number of nitrogens with one attached hydrogen (secondary N) is 1. The van der Waals surface area contributed by atoms with E-state index in [2.05, 4.69) is 10.3 Å². The van der Waals surface area contributed by atoms with Crippen molar-refractivity contribution in [2.45, 2.75) is 39.0 Å². The minimum Gasteiger partial charge on any atom is -0.493 e. The van der Waals surface area contributed by atoms with Gasteiger partial charge in [0.2, 0.25) is 0 Å². The molecular weight excluding hydrogens is 396 g/mol. The monoisotopic (exact) mass is 426 g/mol. The van der Waals surface area contributed by atoms with Crippen molar-refractivity contribution < 1.29 is 24.8 Å². The van der Waals surface area contributed by atoms with Gasteiger partial charge >= 0.3 is 0 Å². The number of methoxy groups -OCH3 is 2. The van der Waals surface area contributed by atoms with Gasteiger partial charge in [0.1, 0.15) is 5.82 Å². The lowest BCUT2D eigenvalue weighted by molar-refractivity contribution is 0.260. The third-order valence-corrected chi connectivity index (χ3v) is 5.41. The van der Waals surface area contributed by atoms with Gasteiger partial charge in [0.05, 0.1) is 27.4 Å². The van der Waals surface area contributed by atoms with Crippen LogP contribution in [0.15, 0.2) is 36.5 Å². The highest BCUT2D eigenvalue weighted by atomic mass is 16.5. The maximum absolute atomic E-state index is 10.2. The van der Waals surface area contributed by atoms with Crippen LogP contribution in [-0.2, 0) is 13.2 Å². The second kappa shape index (κ2) is 10.4. The summed E-state index contributed by atoms with van der Waals surface area (Å²) in [6.45, 7) is 1.79. The molecule has 31 heavy (non-hydrogen) atoms. The standard InChI is InChI=1S/C24H30N2O5/c1-15(5-4-8-27)26-23-11-16(6-7-25-23)24-19-12-22(31-3)21(30-2)10-17(19)9-18(13-28)20(24)14-29/h6-7,9-12,15,27-29H,4-5,8,13-14H2,1-3H3,(H,25,26). The minimum absolute atomic E-state index is 0.150. The molecule has 2 aromatic carbocycles. The van der Waals surface area contributed by atoms with Gasteiger partial charge in [-0.3, -0.25) is 0 Å². The number of hydrogen-bond acceptors (Lipinski definition) is 7. The number of aromatic nitrogens is 1. The van der Waals surface area contributed by atoms with Gasteiger partial charge in [-0.15, -0.1) is 0 Å². The maximum atomic E-state index is 10.2. The van der Waals surface area contributed by atoms with Gasteiger partial charge in [0.25, 0.3) is 0 Å². The third-order valence-electron chi connectivity index (χ3n) is 5.41. The molecule has 0 spiro atoms. The quantitative estimate of drug-likeness (QED) is 0.393. The van der Waals surface area contributed by atoms with Crippen molar-refractivity contribution >= 4 is 16.6 Å². The van der Waals surface area contributed by atoms with Crippen LogP contribution >= 0.6 is 0 Å². The number of rotatable bonds is 10. The Labute approximate surface area is 182 Å². The summed E-state index contributed by atoms with van der Waals surface area (Å²) in [6, 6.07) is 9.59. The number of aliphatic hydroxyl groups excluding tert-OH is 3. The zero-order valence-corrected chi connectivity index (χ0v) is 18.2. The maximum Gasteiger partial charge on any atom is 0.161 e. The molecule has 1 unspecified atom stereocenters. The molecule has 1 atom stereocenters. The summed E-state index contributed by atoms with van der Waals surface area (Å²) in [5.41, 5.74) is 2.99. The van der Waals surface area contributed by atoms with E-state index in [1.807, 2.05) is 37.3 Å². The molecule has 7 heteroatoms. The van der Waals surface area contributed by atoms with E-state index in [0.717, 1.165) is 28.3 Å². The molecule has 166 valence electrons. The van der Waals surface area contributed by atoms with Crippen LogP contribution in [0.2, 0.25) is 0 Å². The average Bonchev–Trinajstić information content (AvgIpc) is 2.80. The van der Waals surface area contributed by atoms with E-state index >= 15 is 0 Å². The average molecular weight is 427 g/mol. The summed E-state index contributed by atoms with van der Waals surface area (Å²) >= 11 is 0. The van der Waals surface area contributed by atoms with Crippen LogP contribution in [0.25, 0.3) is 21.9 Å². The van der Waals surface area contributed by atoms with Gasteiger partial charge in [-0.2, -0.15) is 0 Å². The van der Waals surface area contributed by atoms with Gasteiger partial charge in [-0.05, 0) is 83.1 Å². The number of nitrogens with zero attached hydrogens (tertiary/aromatic N) is 1. The number of aliphatic hydroxyl groups is 3. The molecule has 7 nitrogen and oxygen atoms in total. The number of ether oxygens (including phenoxy) is 2. The predicted molar refractivity (Wildman–Crippen MR) is 122 cm³/mol. The van der Waals surface area contributed by atoms with Crippen LogP contribution in [0.1, 0.15) is 30.9 Å². The topological polar surface area (TPSA) is 104 Å². The highest BCUT2D eigenvalue weighted by Gasteiger charge is 2.18. The molecule has 0 aliphatic heterocycles. The highest BCUT2D eigenvalue weighted by Crippen LogP contribution is 2.40. The molecule has 0 aliphatic carbocycles. The van der Waals surface area contributed by atoms with Crippen LogP contribution < -0.4 is 14.8 Å². The number of benzene rings is 2. The fourth-order valence-electron chi connectivity index (χ4n) is 3.87. The van der Waals surface area contributed by atoms with Crippen LogP contribution in [0, 0.1) is 0 Å². The summed E-state index contributed by atoms with van der Waals surface area (Å²) in [6.07, 6.45) is 3.26. The largest absolute Gasteiger partial charge is 0.493 e. The van der Waals surface area contributed by atoms with Crippen LogP contribution in [0.4, 0.5) is 5.82 Å². The summed E-state index contributed by atoms with van der Waals surface area (Å²) in [5.74, 6) is 1.88. The summed E-state index contributed by atoms with van der Waals surface area (Å²) in [5, 5.41) is 34.3. The molecule has 0 amide bonds. The Bertz CT molecular complexity index is 1030. The molecule has 1 heterocycles. The van der Waals surface area contributed by atoms with Crippen molar-refractivity contribution in [2.24, 2.45) is 0 Å². The zero-order valence-electron chi connectivity index (χ0n) is 18.2. The first-order chi connectivity index (χ1) is 15.1. The van der Waals surface area contributed by atoms with E-state index in [1.165, 1.54) is 0 Å². The molecule has 0 saturated heterocycles. The first-order valence-electron chi connectivity index (χ1n) is 10.3. The second-order valence-corrected chi connectivity index (χ2v) is 7.47. The summed E-state index contributed by atoms with van der Waals surface area (Å²) in [7, 11) is 3.17. The fraction of sp³-hybridized carbons (Fsp3) is 0.375.